The summed E-state index contributed by atoms with van der Waals surface area (Å²) in [5.41, 5.74) is 0.278. The lowest BCUT2D eigenvalue weighted by molar-refractivity contribution is -0.136. The third kappa shape index (κ3) is 2.01. The van der Waals surface area contributed by atoms with E-state index in [0.29, 0.717) is 0 Å². The molecular weight excluding hydrogens is 167 g/mol. The van der Waals surface area contributed by atoms with E-state index < -0.39 is 5.97 Å². The van der Waals surface area contributed by atoms with Gasteiger partial charge in [-0.3, -0.25) is 4.79 Å². The average Bonchev–Trinajstić information content (AvgIpc) is 2.09. The minimum absolute atomic E-state index is 0.226. The standard InChI is InChI=1S/C7H7FO2S/c1-4-2-5(3-6(9)10)7(8)11-4/h2H,3H2,1H3,(H,9,10). The second-order valence-corrected chi connectivity index (χ2v) is 3.43. The number of aryl methyl sites for hydroxylation is 1. The lowest BCUT2D eigenvalue weighted by Gasteiger charge is -1.88. The van der Waals surface area contributed by atoms with E-state index in [-0.39, 0.29) is 17.1 Å². The van der Waals surface area contributed by atoms with Crippen LogP contribution in [-0.2, 0) is 11.2 Å². The number of rotatable bonds is 2. The number of hydrogen-bond acceptors (Lipinski definition) is 2. The fourth-order valence-electron chi connectivity index (χ4n) is 0.822. The summed E-state index contributed by atoms with van der Waals surface area (Å²) in [4.78, 5) is 11.0. The normalized spacial score (nSPS) is 10.0. The smallest absolute Gasteiger partial charge is 0.307 e. The number of thiophene rings is 1. The van der Waals surface area contributed by atoms with Gasteiger partial charge in [-0.1, -0.05) is 0 Å². The van der Waals surface area contributed by atoms with Crippen LogP contribution in [-0.4, -0.2) is 11.1 Å². The van der Waals surface area contributed by atoms with E-state index in [0.717, 1.165) is 16.2 Å². The molecule has 1 heterocycles. The Bertz CT molecular complexity index is 280. The minimum atomic E-state index is -0.998. The van der Waals surface area contributed by atoms with Gasteiger partial charge < -0.3 is 5.11 Å². The van der Waals surface area contributed by atoms with Gasteiger partial charge in [0.15, 0.2) is 5.13 Å². The van der Waals surface area contributed by atoms with Crippen LogP contribution < -0.4 is 0 Å². The van der Waals surface area contributed by atoms with E-state index in [1.165, 1.54) is 0 Å². The van der Waals surface area contributed by atoms with Gasteiger partial charge in [0, 0.05) is 10.4 Å². The number of carbonyl (C=O) groups is 1. The van der Waals surface area contributed by atoms with Crippen molar-refractivity contribution in [1.82, 2.24) is 0 Å². The number of carboxylic acid groups (broad SMARTS) is 1. The number of halogens is 1. The lowest BCUT2D eigenvalue weighted by atomic mass is 10.2. The van der Waals surface area contributed by atoms with Crippen molar-refractivity contribution in [1.29, 1.82) is 0 Å². The maximum atomic E-state index is 12.7. The zero-order valence-corrected chi connectivity index (χ0v) is 6.74. The zero-order chi connectivity index (χ0) is 8.43. The molecule has 0 radical (unpaired) electrons. The van der Waals surface area contributed by atoms with Crippen LogP contribution in [0.1, 0.15) is 10.4 Å². The molecule has 11 heavy (non-hydrogen) atoms. The van der Waals surface area contributed by atoms with Gasteiger partial charge in [-0.25, -0.2) is 0 Å². The summed E-state index contributed by atoms with van der Waals surface area (Å²) < 4.78 is 12.7. The van der Waals surface area contributed by atoms with Crippen LogP contribution in [0.3, 0.4) is 0 Å². The van der Waals surface area contributed by atoms with E-state index in [2.05, 4.69) is 0 Å². The van der Waals surface area contributed by atoms with Crippen LogP contribution in [0.4, 0.5) is 4.39 Å². The summed E-state index contributed by atoms with van der Waals surface area (Å²) in [5, 5.41) is 7.95. The second-order valence-electron chi connectivity index (χ2n) is 2.23. The fraction of sp³-hybridized carbons (Fsp3) is 0.286. The van der Waals surface area contributed by atoms with Crippen molar-refractivity contribution in [2.24, 2.45) is 0 Å². The average molecular weight is 174 g/mol. The van der Waals surface area contributed by atoms with Crippen LogP contribution in [0, 0.1) is 12.1 Å². The Morgan fingerprint density at radius 3 is 2.82 bits per heavy atom. The zero-order valence-electron chi connectivity index (χ0n) is 5.93. The highest BCUT2D eigenvalue weighted by Crippen LogP contribution is 2.19. The van der Waals surface area contributed by atoms with Gasteiger partial charge >= 0.3 is 5.97 Å². The lowest BCUT2D eigenvalue weighted by Crippen LogP contribution is -1.99. The van der Waals surface area contributed by atoms with Crippen molar-refractivity contribution in [3.8, 4) is 0 Å². The SMILES string of the molecule is Cc1cc(CC(=O)O)c(F)s1. The van der Waals surface area contributed by atoms with Gasteiger partial charge in [0.2, 0.25) is 0 Å². The third-order valence-corrected chi connectivity index (χ3v) is 2.10. The first-order chi connectivity index (χ1) is 5.09. The Morgan fingerprint density at radius 1 is 1.82 bits per heavy atom. The highest BCUT2D eigenvalue weighted by Gasteiger charge is 2.09. The topological polar surface area (TPSA) is 37.3 Å². The summed E-state index contributed by atoms with van der Waals surface area (Å²) >= 11 is 0.981. The molecule has 60 valence electrons. The molecule has 0 unspecified atom stereocenters. The Kier molecular flexibility index (Phi) is 2.24. The van der Waals surface area contributed by atoms with Crippen molar-refractivity contribution in [3.63, 3.8) is 0 Å². The summed E-state index contributed by atoms with van der Waals surface area (Å²) in [6, 6.07) is 1.56. The first-order valence-corrected chi connectivity index (χ1v) is 3.88. The molecule has 0 saturated heterocycles. The van der Waals surface area contributed by atoms with Crippen molar-refractivity contribution in [2.45, 2.75) is 13.3 Å². The molecule has 0 aliphatic rings. The van der Waals surface area contributed by atoms with Gasteiger partial charge in [0.25, 0.3) is 0 Å². The molecule has 0 bridgehead atoms. The Labute approximate surface area is 67.3 Å². The van der Waals surface area contributed by atoms with Gasteiger partial charge in [0.05, 0.1) is 6.42 Å². The number of hydrogen-bond donors (Lipinski definition) is 1. The highest BCUT2D eigenvalue weighted by molar-refractivity contribution is 7.10. The molecule has 0 fully saturated rings. The first-order valence-electron chi connectivity index (χ1n) is 3.06. The third-order valence-electron chi connectivity index (χ3n) is 1.22. The van der Waals surface area contributed by atoms with Gasteiger partial charge in [-0.15, -0.1) is 11.3 Å². The van der Waals surface area contributed by atoms with Crippen molar-refractivity contribution in [2.75, 3.05) is 0 Å². The molecule has 0 aliphatic carbocycles. The summed E-state index contributed by atoms with van der Waals surface area (Å²) in [6.07, 6.45) is -0.226. The predicted molar refractivity (Wildman–Crippen MR) is 40.4 cm³/mol. The van der Waals surface area contributed by atoms with Gasteiger partial charge in [-0.2, -0.15) is 4.39 Å². The van der Waals surface area contributed by atoms with Crippen LogP contribution in [0.2, 0.25) is 0 Å². The maximum Gasteiger partial charge on any atom is 0.307 e. The van der Waals surface area contributed by atoms with E-state index >= 15 is 0 Å². The van der Waals surface area contributed by atoms with Crippen LogP contribution >= 0.6 is 11.3 Å². The molecule has 0 aliphatic heterocycles. The van der Waals surface area contributed by atoms with E-state index in [1.807, 2.05) is 0 Å². The molecule has 1 rings (SSSR count). The van der Waals surface area contributed by atoms with Crippen LogP contribution in [0.25, 0.3) is 0 Å². The van der Waals surface area contributed by atoms with E-state index in [4.69, 9.17) is 5.11 Å². The first kappa shape index (κ1) is 8.20. The van der Waals surface area contributed by atoms with Crippen LogP contribution in [0.15, 0.2) is 6.07 Å². The summed E-state index contributed by atoms with van der Waals surface area (Å²) in [5.74, 6) is -0.998. The minimum Gasteiger partial charge on any atom is -0.481 e. The Hall–Kier alpha value is -0.900. The molecule has 0 saturated carbocycles. The summed E-state index contributed by atoms with van der Waals surface area (Å²) in [6.45, 7) is 1.75. The van der Waals surface area contributed by atoms with Crippen LogP contribution in [0.5, 0.6) is 0 Å². The molecule has 4 heteroatoms. The van der Waals surface area contributed by atoms with Crippen molar-refractivity contribution >= 4 is 17.3 Å². The molecule has 0 spiro atoms. The maximum absolute atomic E-state index is 12.7. The monoisotopic (exact) mass is 174 g/mol. The largest absolute Gasteiger partial charge is 0.481 e. The quantitative estimate of drug-likeness (QED) is 0.742. The molecule has 1 aromatic heterocycles. The molecular formula is C7H7FO2S. The van der Waals surface area contributed by atoms with Gasteiger partial charge in [-0.05, 0) is 13.0 Å². The molecule has 0 atom stereocenters. The predicted octanol–water partition coefficient (Wildman–Crippen LogP) is 1.82. The highest BCUT2D eigenvalue weighted by atomic mass is 32.1. The Balaban J connectivity index is 2.85. The summed E-state index contributed by atoms with van der Waals surface area (Å²) in [7, 11) is 0. The van der Waals surface area contributed by atoms with E-state index in [9.17, 15) is 9.18 Å². The molecule has 0 aromatic carbocycles. The number of aliphatic carboxylic acids is 1. The fourth-order valence-corrected chi connectivity index (χ4v) is 1.57. The molecule has 2 nitrogen and oxygen atoms in total. The van der Waals surface area contributed by atoms with Gasteiger partial charge in [0.1, 0.15) is 0 Å². The van der Waals surface area contributed by atoms with E-state index in [1.54, 1.807) is 13.0 Å². The molecule has 0 amide bonds. The van der Waals surface area contributed by atoms with Crippen molar-refractivity contribution in [3.05, 3.63) is 21.6 Å². The number of carboxylic acids is 1. The molecule has 1 N–H and O–H groups in total. The van der Waals surface area contributed by atoms with Crippen molar-refractivity contribution < 1.29 is 14.3 Å². The second kappa shape index (κ2) is 3.00. The molecule has 1 aromatic rings. The Morgan fingerprint density at radius 2 is 2.45 bits per heavy atom.